The van der Waals surface area contributed by atoms with Gasteiger partial charge in [0.2, 0.25) is 11.8 Å². The van der Waals surface area contributed by atoms with Gasteiger partial charge < -0.3 is 34.3 Å². The molecule has 0 radical (unpaired) electrons. The summed E-state index contributed by atoms with van der Waals surface area (Å²) in [6.45, 7) is 14.0. The quantitative estimate of drug-likeness (QED) is 0.248. The number of nitrogens with one attached hydrogen (secondary N) is 2. The van der Waals surface area contributed by atoms with Crippen molar-refractivity contribution in [3.05, 3.63) is 35.4 Å². The van der Waals surface area contributed by atoms with E-state index in [9.17, 15) is 19.2 Å². The van der Waals surface area contributed by atoms with Crippen LogP contribution in [0.25, 0.3) is 0 Å². The minimum absolute atomic E-state index is 0.0227. The van der Waals surface area contributed by atoms with E-state index in [1.807, 2.05) is 45.0 Å². The molecule has 5 aliphatic carbocycles. The van der Waals surface area contributed by atoms with Crippen LogP contribution in [0.1, 0.15) is 130 Å². The van der Waals surface area contributed by atoms with Gasteiger partial charge in [-0.3, -0.25) is 14.5 Å². The van der Waals surface area contributed by atoms with E-state index >= 15 is 0 Å². The Morgan fingerprint density at radius 2 is 1.63 bits per heavy atom. The third-order valence-corrected chi connectivity index (χ3v) is 14.9. The molecule has 8 atom stereocenters. The van der Waals surface area contributed by atoms with Crippen LogP contribution in [0.3, 0.4) is 0 Å². The fourth-order valence-corrected chi connectivity index (χ4v) is 11.2. The molecule has 2 bridgehead atoms. The molecule has 9 rings (SSSR count). The first kappa shape index (κ1) is 40.5. The molecule has 0 aromatic heterocycles. The van der Waals surface area contributed by atoms with Gasteiger partial charge in [0.25, 0.3) is 0 Å². The maximum Gasteiger partial charge on any atom is 0.481 e. The van der Waals surface area contributed by atoms with Crippen molar-refractivity contribution in [1.29, 1.82) is 0 Å². The van der Waals surface area contributed by atoms with Crippen LogP contribution in [0.2, 0.25) is 0 Å². The van der Waals surface area contributed by atoms with E-state index in [4.69, 9.17) is 18.8 Å². The molecule has 3 heterocycles. The largest absolute Gasteiger partial charge is 0.481 e. The van der Waals surface area contributed by atoms with E-state index in [0.717, 1.165) is 75.3 Å². The van der Waals surface area contributed by atoms with Gasteiger partial charge in [0, 0.05) is 19.5 Å². The molecular weight excluding hydrogens is 723 g/mol. The summed E-state index contributed by atoms with van der Waals surface area (Å²) in [6.07, 6.45) is 9.06. The number of amides is 4. The summed E-state index contributed by atoms with van der Waals surface area (Å²) in [4.78, 5) is 59.8. The van der Waals surface area contributed by atoms with Gasteiger partial charge in [-0.2, -0.15) is 0 Å². The molecule has 312 valence electrons. The molecule has 0 spiro atoms. The van der Waals surface area contributed by atoms with Crippen LogP contribution in [0.15, 0.2) is 24.3 Å². The van der Waals surface area contributed by atoms with E-state index in [2.05, 4.69) is 31.4 Å². The molecule has 13 heteroatoms. The van der Waals surface area contributed by atoms with Gasteiger partial charge in [0.15, 0.2) is 0 Å². The number of carbonyl (C=O) groups is 4. The molecule has 5 saturated carbocycles. The summed E-state index contributed by atoms with van der Waals surface area (Å²) in [7, 11) is -0.593. The zero-order chi connectivity index (χ0) is 40.3. The standard InChI is InChI=1S/C44H65BN4O8/c1-42(2,3)26-54-40(52)47-37(28-15-8-7-9-16-28)39(51)49-25-32(55-41(53)48-23-29-17-10-11-18-30(29)24-48)22-33(49)38(50)46-36(19-27-13-12-14-27)45-56-35-21-31-20-34(43(31,4)5)44(35,6)57-45/h10-11,17-18,27-28,31-37H,7-9,12-16,19-26H2,1-6H3,(H,46,50)(H,47,52)/t31?,32-,33+,34+,35?,36+,37+,44?/m1/s1. The number of ether oxygens (including phenoxy) is 2. The predicted molar refractivity (Wildman–Crippen MR) is 214 cm³/mol. The van der Waals surface area contributed by atoms with E-state index in [-0.39, 0.29) is 54.2 Å². The molecule has 57 heavy (non-hydrogen) atoms. The maximum absolute atomic E-state index is 14.9. The van der Waals surface area contributed by atoms with Gasteiger partial charge in [-0.15, -0.1) is 0 Å². The van der Waals surface area contributed by atoms with E-state index in [1.54, 1.807) is 9.80 Å². The molecule has 8 aliphatic rings. The predicted octanol–water partition coefficient (Wildman–Crippen LogP) is 6.77. The SMILES string of the molecule is CC(C)(C)COC(=O)N[C@H](C(=O)N1C[C@H](OC(=O)N2Cc3ccccc3C2)C[C@H]1C(=O)N[C@@H](CC1CCC1)B1OC2CC3C[C@@H](C3(C)C)C2(C)O1)C1CCCCC1. The second-order valence-electron chi connectivity index (χ2n) is 20.5. The fraction of sp³-hybridized carbons (Fsp3) is 0.773. The number of hydrogen-bond donors (Lipinski definition) is 2. The summed E-state index contributed by atoms with van der Waals surface area (Å²) in [5, 5.41) is 6.29. The zero-order valence-corrected chi connectivity index (χ0v) is 35.1. The van der Waals surface area contributed by atoms with Gasteiger partial charge in [-0.25, -0.2) is 9.59 Å². The second-order valence-corrected chi connectivity index (χ2v) is 20.5. The van der Waals surface area contributed by atoms with Gasteiger partial charge in [-0.05, 0) is 84.7 Å². The highest BCUT2D eigenvalue weighted by atomic mass is 16.7. The number of fused-ring (bicyclic) bond motifs is 1. The van der Waals surface area contributed by atoms with E-state index in [1.165, 1.54) is 6.42 Å². The molecule has 4 amide bonds. The third-order valence-electron chi connectivity index (χ3n) is 14.9. The highest BCUT2D eigenvalue weighted by Crippen LogP contribution is 2.66. The van der Waals surface area contributed by atoms with Crippen molar-refractivity contribution in [2.24, 2.45) is 34.5 Å². The third kappa shape index (κ3) is 8.17. The lowest BCUT2D eigenvalue weighted by molar-refractivity contribution is -0.199. The molecule has 2 N–H and O–H groups in total. The Morgan fingerprint density at radius 3 is 2.26 bits per heavy atom. The molecule has 2 saturated heterocycles. The Morgan fingerprint density at radius 1 is 0.930 bits per heavy atom. The normalized spacial score (nSPS) is 31.7. The summed E-state index contributed by atoms with van der Waals surface area (Å²) in [5.41, 5.74) is 1.68. The minimum Gasteiger partial charge on any atom is -0.449 e. The second kappa shape index (κ2) is 15.7. The first-order chi connectivity index (χ1) is 27.1. The molecule has 7 fully saturated rings. The van der Waals surface area contributed by atoms with Gasteiger partial charge in [-0.1, -0.05) is 97.4 Å². The number of hydrogen-bond acceptors (Lipinski definition) is 8. The summed E-state index contributed by atoms with van der Waals surface area (Å²) >= 11 is 0. The minimum atomic E-state index is -0.917. The van der Waals surface area contributed by atoms with Crippen molar-refractivity contribution in [3.8, 4) is 0 Å². The Hall–Kier alpha value is -3.32. The van der Waals surface area contributed by atoms with Crippen molar-refractivity contribution >= 4 is 31.1 Å². The highest BCUT2D eigenvalue weighted by molar-refractivity contribution is 6.48. The molecule has 1 aromatic carbocycles. The van der Waals surface area contributed by atoms with E-state index in [0.29, 0.717) is 30.8 Å². The van der Waals surface area contributed by atoms with Crippen molar-refractivity contribution in [2.75, 3.05) is 13.2 Å². The summed E-state index contributed by atoms with van der Waals surface area (Å²) in [6, 6.07) is 6.16. The van der Waals surface area contributed by atoms with Crippen molar-refractivity contribution < 1.29 is 38.0 Å². The monoisotopic (exact) mass is 788 g/mol. The van der Waals surface area contributed by atoms with Gasteiger partial charge in [0.05, 0.1) is 30.8 Å². The molecule has 12 nitrogen and oxygen atoms in total. The number of alkyl carbamates (subject to hydrolysis) is 1. The van der Waals surface area contributed by atoms with Crippen LogP contribution in [0.5, 0.6) is 0 Å². The first-order valence-corrected chi connectivity index (χ1v) is 22.0. The van der Waals surface area contributed by atoms with Crippen LogP contribution >= 0.6 is 0 Å². The Labute approximate surface area is 339 Å². The number of likely N-dealkylation sites (tertiary alicyclic amines) is 1. The lowest BCUT2D eigenvalue weighted by atomic mass is 9.43. The van der Waals surface area contributed by atoms with Crippen LogP contribution in [-0.2, 0) is 41.5 Å². The van der Waals surface area contributed by atoms with E-state index < -0.39 is 49.0 Å². The van der Waals surface area contributed by atoms with Crippen molar-refractivity contribution in [3.63, 3.8) is 0 Å². The smallest absolute Gasteiger partial charge is 0.449 e. The molecule has 3 unspecified atom stereocenters. The Bertz CT molecular complexity index is 1670. The number of rotatable bonds is 10. The van der Waals surface area contributed by atoms with Gasteiger partial charge >= 0.3 is 19.3 Å². The zero-order valence-electron chi connectivity index (χ0n) is 35.1. The van der Waals surface area contributed by atoms with Crippen LogP contribution in [-0.4, -0.2) is 89.9 Å². The topological polar surface area (TPSA) is 136 Å². The average Bonchev–Trinajstić information content (AvgIpc) is 3.88. The van der Waals surface area contributed by atoms with Gasteiger partial charge in [0.1, 0.15) is 18.2 Å². The van der Waals surface area contributed by atoms with Crippen LogP contribution in [0, 0.1) is 34.5 Å². The summed E-state index contributed by atoms with van der Waals surface area (Å²) in [5.74, 6) is 0.300. The number of carbonyl (C=O) groups excluding carboxylic acids is 4. The fourth-order valence-electron chi connectivity index (χ4n) is 11.2. The highest BCUT2D eigenvalue weighted by Gasteiger charge is 2.68. The molecule has 3 aliphatic heterocycles. The maximum atomic E-state index is 14.9. The Balaban J connectivity index is 1.02. The number of benzene rings is 1. The summed E-state index contributed by atoms with van der Waals surface area (Å²) < 4.78 is 25.4. The lowest BCUT2D eigenvalue weighted by Crippen LogP contribution is -2.65. The Kier molecular flexibility index (Phi) is 11.1. The molecular formula is C44H65BN4O8. The van der Waals surface area contributed by atoms with Crippen LogP contribution < -0.4 is 10.6 Å². The lowest BCUT2D eigenvalue weighted by Gasteiger charge is -2.64. The van der Waals surface area contributed by atoms with Crippen molar-refractivity contribution in [1.82, 2.24) is 20.4 Å². The number of nitrogens with zero attached hydrogens (tertiary/aromatic N) is 2. The van der Waals surface area contributed by atoms with Crippen LogP contribution in [0.4, 0.5) is 9.59 Å². The molecule has 1 aromatic rings. The van der Waals surface area contributed by atoms with Crippen molar-refractivity contribution in [2.45, 2.75) is 168 Å². The average molecular weight is 789 g/mol. The first-order valence-electron chi connectivity index (χ1n) is 22.0.